The van der Waals surface area contributed by atoms with Crippen molar-refractivity contribution in [1.82, 2.24) is 9.21 Å². The summed E-state index contributed by atoms with van der Waals surface area (Å²) in [6, 6.07) is 17.5. The Hall–Kier alpha value is -3.94. The molecule has 3 aromatic carbocycles. The van der Waals surface area contributed by atoms with Crippen molar-refractivity contribution in [3.63, 3.8) is 0 Å². The van der Waals surface area contributed by atoms with Gasteiger partial charge in [0.25, 0.3) is 5.91 Å². The highest BCUT2D eigenvalue weighted by Gasteiger charge is 2.33. The van der Waals surface area contributed by atoms with Crippen molar-refractivity contribution >= 4 is 27.5 Å². The standard InChI is InChI=1S/C29H30F3N4O5S/c1-2-18-42(39,40)36-16-14-35(15-17-36)19-20-6-12-23(13-7-20)34-28(38)22-10-8-21(9-11-22)26-24(27(33)37)4-3-5-25(26)41-29(30,31)32/h3,5-13H,2,14-19H2,1H3,(H2,33,37)(H,34,38). The molecule has 1 fully saturated rings. The molecule has 3 N–H and O–H groups in total. The smallest absolute Gasteiger partial charge is 0.405 e. The van der Waals surface area contributed by atoms with E-state index in [9.17, 15) is 31.2 Å². The van der Waals surface area contributed by atoms with E-state index < -0.39 is 33.9 Å². The minimum absolute atomic E-state index is 0.157. The van der Waals surface area contributed by atoms with Gasteiger partial charge in [-0.05, 0) is 60.0 Å². The highest BCUT2D eigenvalue weighted by atomic mass is 32.2. The lowest BCUT2D eigenvalue weighted by Crippen LogP contribution is -2.48. The molecule has 9 nitrogen and oxygen atoms in total. The van der Waals surface area contributed by atoms with Crippen molar-refractivity contribution in [2.75, 3.05) is 37.2 Å². The van der Waals surface area contributed by atoms with E-state index in [2.05, 4.69) is 21.0 Å². The fourth-order valence-electron chi connectivity index (χ4n) is 4.67. The quantitative estimate of drug-likeness (QED) is 0.357. The van der Waals surface area contributed by atoms with Crippen LogP contribution in [0.5, 0.6) is 5.75 Å². The van der Waals surface area contributed by atoms with Crippen LogP contribution in [0.4, 0.5) is 18.9 Å². The normalized spacial score (nSPS) is 14.9. The molecule has 13 heteroatoms. The topological polar surface area (TPSA) is 122 Å². The summed E-state index contributed by atoms with van der Waals surface area (Å²) in [6.45, 7) is 4.66. The summed E-state index contributed by atoms with van der Waals surface area (Å²) in [7, 11) is -3.20. The predicted octanol–water partition coefficient (Wildman–Crippen LogP) is 4.26. The largest absolute Gasteiger partial charge is 0.573 e. The molecule has 4 rings (SSSR count). The van der Waals surface area contributed by atoms with E-state index in [1.165, 1.54) is 24.3 Å². The zero-order chi connectivity index (χ0) is 30.5. The number of anilines is 1. The van der Waals surface area contributed by atoms with Crippen LogP contribution >= 0.6 is 0 Å². The third-order valence-corrected chi connectivity index (χ3v) is 8.75. The summed E-state index contributed by atoms with van der Waals surface area (Å²) in [5.74, 6) is -1.88. The third-order valence-electron chi connectivity index (χ3n) is 6.67. The number of alkyl halides is 3. The van der Waals surface area contributed by atoms with Crippen molar-refractivity contribution in [2.24, 2.45) is 5.73 Å². The lowest BCUT2D eigenvalue weighted by molar-refractivity contribution is -0.274. The molecule has 42 heavy (non-hydrogen) atoms. The van der Waals surface area contributed by atoms with Gasteiger partial charge in [0.15, 0.2) is 0 Å². The van der Waals surface area contributed by atoms with Crippen LogP contribution in [0.2, 0.25) is 0 Å². The van der Waals surface area contributed by atoms with Gasteiger partial charge in [0.1, 0.15) is 5.75 Å². The van der Waals surface area contributed by atoms with E-state index in [-0.39, 0.29) is 28.0 Å². The Morgan fingerprint density at radius 1 is 1.00 bits per heavy atom. The number of benzene rings is 3. The first-order chi connectivity index (χ1) is 19.9. The maximum Gasteiger partial charge on any atom is 0.573 e. The Morgan fingerprint density at radius 3 is 2.21 bits per heavy atom. The van der Waals surface area contributed by atoms with Crippen LogP contribution < -0.4 is 15.8 Å². The first-order valence-corrected chi connectivity index (χ1v) is 14.8. The Labute approximate surface area is 242 Å². The number of halogens is 3. The molecule has 2 amide bonds. The molecule has 0 unspecified atom stereocenters. The maximum absolute atomic E-state index is 12.9. The number of ether oxygens (including phenoxy) is 1. The molecule has 223 valence electrons. The number of piperazine rings is 1. The highest BCUT2D eigenvalue weighted by Crippen LogP contribution is 2.36. The fraction of sp³-hybridized carbons (Fsp3) is 0.310. The zero-order valence-electron chi connectivity index (χ0n) is 22.8. The summed E-state index contributed by atoms with van der Waals surface area (Å²) in [4.78, 5) is 26.9. The first-order valence-electron chi connectivity index (χ1n) is 13.2. The number of nitrogens with one attached hydrogen (secondary N) is 1. The minimum atomic E-state index is -4.99. The van der Waals surface area contributed by atoms with Crippen molar-refractivity contribution in [1.29, 1.82) is 0 Å². The number of nitrogens with zero attached hydrogens (tertiary/aromatic N) is 2. The van der Waals surface area contributed by atoms with Crippen molar-refractivity contribution in [3.05, 3.63) is 83.4 Å². The van der Waals surface area contributed by atoms with Gasteiger partial charge in [-0.1, -0.05) is 31.2 Å². The van der Waals surface area contributed by atoms with Gasteiger partial charge in [-0.2, -0.15) is 4.31 Å². The predicted molar refractivity (Wildman–Crippen MR) is 151 cm³/mol. The summed E-state index contributed by atoms with van der Waals surface area (Å²) in [5, 5.41) is 2.78. The second-order valence-electron chi connectivity index (χ2n) is 9.72. The van der Waals surface area contributed by atoms with Crippen LogP contribution in [-0.2, 0) is 16.6 Å². The van der Waals surface area contributed by atoms with Crippen LogP contribution in [-0.4, -0.2) is 67.7 Å². The Bertz CT molecular complexity index is 1520. The number of hydrogen-bond acceptors (Lipinski definition) is 6. The average Bonchev–Trinajstić information content (AvgIpc) is 2.93. The molecule has 1 saturated heterocycles. The number of rotatable bonds is 10. The van der Waals surface area contributed by atoms with E-state index >= 15 is 0 Å². The number of primary amides is 1. The summed E-state index contributed by atoms with van der Waals surface area (Å²) >= 11 is 0. The lowest BCUT2D eigenvalue weighted by Gasteiger charge is -2.34. The van der Waals surface area contributed by atoms with E-state index in [0.29, 0.717) is 44.8 Å². The molecule has 0 atom stereocenters. The Kier molecular flexibility index (Phi) is 9.54. The van der Waals surface area contributed by atoms with Gasteiger partial charge in [0.05, 0.1) is 11.3 Å². The SMILES string of the molecule is CCCS(=O)(=O)N1CCN(Cc2ccc(NC(=O)c3ccc(-c4c(C(N)=O)[c]ccc4OC(F)(F)F)cc3)cc2)CC1. The molecule has 1 radical (unpaired) electrons. The number of nitrogens with two attached hydrogens (primary N) is 1. The maximum atomic E-state index is 12.9. The monoisotopic (exact) mass is 603 g/mol. The van der Waals surface area contributed by atoms with Crippen molar-refractivity contribution < 1.29 is 35.9 Å². The summed E-state index contributed by atoms with van der Waals surface area (Å²) in [5.41, 5.74) is 6.84. The molecular weight excluding hydrogens is 573 g/mol. The molecule has 0 aliphatic carbocycles. The van der Waals surface area contributed by atoms with Crippen LogP contribution in [0.15, 0.2) is 60.7 Å². The average molecular weight is 604 g/mol. The molecule has 0 saturated carbocycles. The number of hydrogen-bond donors (Lipinski definition) is 2. The number of sulfonamides is 1. The van der Waals surface area contributed by atoms with Crippen molar-refractivity contribution in [2.45, 2.75) is 26.3 Å². The number of carbonyl (C=O) groups is 2. The van der Waals surface area contributed by atoms with Crippen LogP contribution in [0.25, 0.3) is 11.1 Å². The van der Waals surface area contributed by atoms with Crippen LogP contribution in [0.1, 0.15) is 39.6 Å². The van der Waals surface area contributed by atoms with Gasteiger partial charge < -0.3 is 15.8 Å². The van der Waals surface area contributed by atoms with Gasteiger partial charge in [0, 0.05) is 49.5 Å². The van der Waals surface area contributed by atoms with E-state index in [4.69, 9.17) is 5.73 Å². The minimum Gasteiger partial charge on any atom is -0.405 e. The molecule has 1 heterocycles. The molecule has 0 aromatic heterocycles. The van der Waals surface area contributed by atoms with Gasteiger partial charge in [0.2, 0.25) is 15.9 Å². The molecular formula is C29H30F3N4O5S. The zero-order valence-corrected chi connectivity index (χ0v) is 23.6. The fourth-order valence-corrected chi connectivity index (χ4v) is 6.16. The third kappa shape index (κ3) is 7.87. The summed E-state index contributed by atoms with van der Waals surface area (Å²) in [6.07, 6.45) is -4.41. The second-order valence-corrected chi connectivity index (χ2v) is 11.8. The highest BCUT2D eigenvalue weighted by molar-refractivity contribution is 7.89. The lowest BCUT2D eigenvalue weighted by atomic mass is 9.97. The van der Waals surface area contributed by atoms with E-state index in [0.717, 1.165) is 17.7 Å². The molecule has 3 aromatic rings. The van der Waals surface area contributed by atoms with Gasteiger partial charge in [-0.25, -0.2) is 8.42 Å². The van der Waals surface area contributed by atoms with E-state index in [1.807, 2.05) is 19.1 Å². The van der Waals surface area contributed by atoms with Gasteiger partial charge in [-0.3, -0.25) is 14.5 Å². The second kappa shape index (κ2) is 12.9. The molecule has 0 bridgehead atoms. The summed E-state index contributed by atoms with van der Waals surface area (Å²) < 4.78 is 69.0. The first kappa shape index (κ1) is 31.0. The van der Waals surface area contributed by atoms with Gasteiger partial charge in [-0.15, -0.1) is 13.2 Å². The van der Waals surface area contributed by atoms with Gasteiger partial charge >= 0.3 is 6.36 Å². The van der Waals surface area contributed by atoms with Crippen LogP contribution in [0, 0.1) is 6.07 Å². The number of amides is 2. The molecule has 1 aliphatic rings. The van der Waals surface area contributed by atoms with Crippen LogP contribution in [0.3, 0.4) is 0 Å². The van der Waals surface area contributed by atoms with E-state index in [1.54, 1.807) is 16.4 Å². The molecule has 0 spiro atoms. The Balaban J connectivity index is 1.39. The number of carbonyl (C=O) groups excluding carboxylic acids is 2. The molecule has 1 aliphatic heterocycles. The Morgan fingerprint density at radius 2 is 1.64 bits per heavy atom. The van der Waals surface area contributed by atoms with Crippen molar-refractivity contribution in [3.8, 4) is 16.9 Å².